The van der Waals surface area contributed by atoms with Gasteiger partial charge in [-0.1, -0.05) is 0 Å². The molecule has 7 N–H and O–H groups in total. The van der Waals surface area contributed by atoms with Crippen molar-refractivity contribution in [2.45, 2.75) is 30.7 Å². The lowest BCUT2D eigenvalue weighted by Gasteiger charge is -2.38. The first kappa shape index (κ1) is 18.7. The Kier molecular flexibility index (Phi) is 4.10. The smallest absolute Gasteiger partial charge is 0.404 e. The van der Waals surface area contributed by atoms with Gasteiger partial charge in [0.15, 0.2) is 5.72 Å². The van der Waals surface area contributed by atoms with E-state index in [1.54, 1.807) is 6.92 Å². The minimum Gasteiger partial charge on any atom is -0.505 e. The van der Waals surface area contributed by atoms with Crippen LogP contribution < -0.4 is 21.7 Å². The Bertz CT molecular complexity index is 924. The van der Waals surface area contributed by atoms with E-state index in [-0.39, 0.29) is 41.0 Å². The number of carbonyl (C=O) groups is 1. The van der Waals surface area contributed by atoms with Crippen molar-refractivity contribution < 1.29 is 24.5 Å². The Balaban J connectivity index is 1.92. The number of hydrogen-bond donors (Lipinski definition) is 5. The number of carbonyl (C=O) groups excluding carboxylic acids is 1. The number of primary amides is 1. The predicted molar refractivity (Wildman–Crippen MR) is 102 cm³/mol. The van der Waals surface area contributed by atoms with Gasteiger partial charge in [-0.3, -0.25) is 0 Å². The average molecular weight is 408 g/mol. The fraction of sp³-hybridized carbons (Fsp3) is 0.500. The molecule has 0 saturated carbocycles. The Labute approximate surface area is 165 Å². The third-order valence-electron chi connectivity index (χ3n) is 5.69. The number of thiocarbonyl (C=S) groups is 1. The van der Waals surface area contributed by atoms with Gasteiger partial charge in [0.1, 0.15) is 23.8 Å². The number of hydrogen-bond acceptors (Lipinski definition) is 9. The van der Waals surface area contributed by atoms with Crippen LogP contribution in [0.4, 0.5) is 16.2 Å². The maximum absolute atomic E-state index is 11.3. The molecule has 3 aliphatic rings. The molecule has 4 atom stereocenters. The third-order valence-corrected chi connectivity index (χ3v) is 5.77. The molecule has 0 aliphatic carbocycles. The molecule has 1 aromatic rings. The molecule has 150 valence electrons. The number of fused-ring (bicyclic) bond motifs is 5. The Morgan fingerprint density at radius 2 is 2.14 bits per heavy atom. The number of nitrogens with one attached hydrogen (secondary N) is 1. The molecule has 0 aromatic heterocycles. The number of aromatic hydroxyl groups is 2. The summed E-state index contributed by atoms with van der Waals surface area (Å²) in [5.41, 5.74) is 10.7. The molecular formula is C16H20N6O5S. The van der Waals surface area contributed by atoms with E-state index >= 15 is 0 Å². The first-order chi connectivity index (χ1) is 13.2. The van der Waals surface area contributed by atoms with Crippen LogP contribution in [0.25, 0.3) is 0 Å². The number of nitrogens with zero attached hydrogens (tertiary/aromatic N) is 3. The summed E-state index contributed by atoms with van der Waals surface area (Å²) in [4.78, 5) is 13.1. The van der Waals surface area contributed by atoms with Gasteiger partial charge in [-0.2, -0.15) is 0 Å². The van der Waals surface area contributed by atoms with E-state index in [0.717, 1.165) is 0 Å². The first-order valence-electron chi connectivity index (χ1n) is 8.54. The number of azo groups is 1. The third kappa shape index (κ3) is 2.34. The van der Waals surface area contributed by atoms with Crippen LogP contribution in [-0.2, 0) is 9.47 Å². The SMILES string of the molecule is CO[C@@]12C3N[C@H]3CN1c1c(O)c(C)c(N=NC(N)=S)c(O)c1[C@@H]2COC(N)=O. The van der Waals surface area contributed by atoms with Crippen LogP contribution in [-0.4, -0.2) is 59.5 Å². The van der Waals surface area contributed by atoms with Crippen molar-refractivity contribution in [3.63, 3.8) is 0 Å². The number of methoxy groups -OCH3 is 1. The number of piperazine rings is 1. The van der Waals surface area contributed by atoms with E-state index in [2.05, 4.69) is 15.5 Å². The monoisotopic (exact) mass is 408 g/mol. The topological polar surface area (TPSA) is 178 Å². The molecule has 1 aromatic carbocycles. The maximum atomic E-state index is 11.3. The maximum Gasteiger partial charge on any atom is 0.404 e. The summed E-state index contributed by atoms with van der Waals surface area (Å²) in [5.74, 6) is -0.921. The molecule has 3 heterocycles. The highest BCUT2D eigenvalue weighted by atomic mass is 32.1. The van der Waals surface area contributed by atoms with Gasteiger partial charge in [-0.05, 0) is 19.1 Å². The second kappa shape index (κ2) is 6.15. The van der Waals surface area contributed by atoms with Crippen LogP contribution >= 0.6 is 12.2 Å². The van der Waals surface area contributed by atoms with E-state index in [0.29, 0.717) is 23.4 Å². The highest BCUT2D eigenvalue weighted by molar-refractivity contribution is 7.80. The zero-order valence-corrected chi connectivity index (χ0v) is 16.0. The summed E-state index contributed by atoms with van der Waals surface area (Å²) in [5, 5.41) is 32.5. The molecule has 12 heteroatoms. The normalized spacial score (nSPS) is 29.5. The minimum absolute atomic E-state index is 0.0286. The highest BCUT2D eigenvalue weighted by Crippen LogP contribution is 2.64. The number of phenols is 2. The van der Waals surface area contributed by atoms with Crippen LogP contribution in [0.15, 0.2) is 10.2 Å². The van der Waals surface area contributed by atoms with E-state index in [4.69, 9.17) is 33.2 Å². The molecule has 1 amide bonds. The fourth-order valence-corrected chi connectivity index (χ4v) is 4.57. The lowest BCUT2D eigenvalue weighted by molar-refractivity contribution is -0.0337. The summed E-state index contributed by atoms with van der Waals surface area (Å²) >= 11 is 4.70. The summed E-state index contributed by atoms with van der Waals surface area (Å²) < 4.78 is 11.0. The van der Waals surface area contributed by atoms with Gasteiger partial charge in [0.25, 0.3) is 0 Å². The molecule has 2 saturated heterocycles. The lowest BCUT2D eigenvalue weighted by Crippen LogP contribution is -2.54. The number of anilines is 1. The van der Waals surface area contributed by atoms with Crippen LogP contribution in [0.1, 0.15) is 17.0 Å². The van der Waals surface area contributed by atoms with E-state index in [1.165, 1.54) is 7.11 Å². The van der Waals surface area contributed by atoms with Crippen LogP contribution in [0.3, 0.4) is 0 Å². The first-order valence-corrected chi connectivity index (χ1v) is 8.95. The van der Waals surface area contributed by atoms with Crippen molar-refractivity contribution in [2.75, 3.05) is 25.2 Å². The summed E-state index contributed by atoms with van der Waals surface area (Å²) in [6, 6.07) is 0.104. The predicted octanol–water partition coefficient (Wildman–Crippen LogP) is 0.429. The standard InChI is InChI=1S/C16H20N6O5S/c1-5-9(20-21-14(17)28)12(24)8-6(4-27-15(18)25)16(26-2)13-7(19-13)3-22(16)10(8)11(5)23/h6-7,13,19,23-24H,3-4H2,1-2H3,(H2,17,28)(H2,18,25)/t6-,7-,13?,16-/m0/s1. The minimum atomic E-state index is -0.956. The van der Waals surface area contributed by atoms with Crippen LogP contribution in [0.2, 0.25) is 0 Å². The van der Waals surface area contributed by atoms with Gasteiger partial charge < -0.3 is 41.4 Å². The van der Waals surface area contributed by atoms with Crippen molar-refractivity contribution in [3.05, 3.63) is 11.1 Å². The highest BCUT2D eigenvalue weighted by Gasteiger charge is 2.71. The molecule has 28 heavy (non-hydrogen) atoms. The number of nitrogens with two attached hydrogens (primary N) is 2. The molecule has 11 nitrogen and oxygen atoms in total. The van der Waals surface area contributed by atoms with E-state index in [9.17, 15) is 15.0 Å². The molecule has 0 bridgehead atoms. The van der Waals surface area contributed by atoms with Gasteiger partial charge in [0, 0.05) is 30.8 Å². The van der Waals surface area contributed by atoms with Gasteiger partial charge in [0.05, 0.1) is 17.6 Å². The number of benzene rings is 1. The Morgan fingerprint density at radius 1 is 1.43 bits per heavy atom. The summed E-state index contributed by atoms with van der Waals surface area (Å²) in [6.45, 7) is 2.00. The Morgan fingerprint density at radius 3 is 2.75 bits per heavy atom. The molecule has 2 fully saturated rings. The molecule has 0 radical (unpaired) electrons. The van der Waals surface area contributed by atoms with Crippen molar-refractivity contribution in [2.24, 2.45) is 21.7 Å². The largest absolute Gasteiger partial charge is 0.505 e. The van der Waals surface area contributed by atoms with E-state index in [1.807, 2.05) is 4.90 Å². The molecular weight excluding hydrogens is 388 g/mol. The van der Waals surface area contributed by atoms with Gasteiger partial charge in [-0.15, -0.1) is 10.2 Å². The number of rotatable bonds is 4. The number of phenolic OH excluding ortho intramolecular Hbond substituents is 2. The number of amides is 1. The van der Waals surface area contributed by atoms with Crippen LogP contribution in [0, 0.1) is 6.92 Å². The Hall–Kier alpha value is -2.70. The quantitative estimate of drug-likeness (QED) is 0.204. The zero-order valence-electron chi connectivity index (χ0n) is 15.2. The van der Waals surface area contributed by atoms with Crippen LogP contribution in [0.5, 0.6) is 11.5 Å². The second-order valence-corrected chi connectivity index (χ2v) is 7.39. The average Bonchev–Trinajstić information content (AvgIpc) is 3.24. The fourth-order valence-electron chi connectivity index (χ4n) is 4.53. The summed E-state index contributed by atoms with van der Waals surface area (Å²) in [6.07, 6.45) is -0.950. The van der Waals surface area contributed by atoms with E-state index < -0.39 is 17.7 Å². The second-order valence-electron chi connectivity index (χ2n) is 6.97. The van der Waals surface area contributed by atoms with Gasteiger partial charge in [0.2, 0.25) is 5.11 Å². The van der Waals surface area contributed by atoms with Crippen molar-refractivity contribution >= 4 is 34.8 Å². The zero-order chi connectivity index (χ0) is 20.4. The molecule has 4 rings (SSSR count). The molecule has 1 unspecified atom stereocenters. The van der Waals surface area contributed by atoms with Gasteiger partial charge in [-0.25, -0.2) is 4.79 Å². The lowest BCUT2D eigenvalue weighted by atomic mass is 9.88. The molecule has 0 spiro atoms. The van der Waals surface area contributed by atoms with Crippen molar-refractivity contribution in [1.29, 1.82) is 0 Å². The number of ether oxygens (including phenoxy) is 2. The van der Waals surface area contributed by atoms with Gasteiger partial charge >= 0.3 is 6.09 Å². The van der Waals surface area contributed by atoms with Crippen molar-refractivity contribution in [1.82, 2.24) is 5.32 Å². The van der Waals surface area contributed by atoms with Crippen molar-refractivity contribution in [3.8, 4) is 11.5 Å². The molecule has 3 aliphatic heterocycles. The summed E-state index contributed by atoms with van der Waals surface area (Å²) in [7, 11) is 1.53.